The Bertz CT molecular complexity index is 460. The predicted octanol–water partition coefficient (Wildman–Crippen LogP) is 1.27. The number of nitrogen functional groups attached to an aromatic ring is 1. The molecule has 0 heterocycles. The van der Waals surface area contributed by atoms with Crippen LogP contribution >= 0.6 is 0 Å². The second-order valence-corrected chi connectivity index (χ2v) is 3.03. The molecule has 0 atom stereocenters. The molecule has 0 aromatic heterocycles. The number of anilines is 2. The van der Waals surface area contributed by atoms with Gasteiger partial charge in [0.25, 0.3) is 5.69 Å². The van der Waals surface area contributed by atoms with Gasteiger partial charge in [0.05, 0.1) is 16.2 Å². The Morgan fingerprint density at radius 1 is 1.41 bits per heavy atom. The minimum Gasteiger partial charge on any atom is -0.396 e. The van der Waals surface area contributed by atoms with Crippen molar-refractivity contribution >= 4 is 17.1 Å². The van der Waals surface area contributed by atoms with E-state index in [1.165, 1.54) is 0 Å². The third-order valence-electron chi connectivity index (χ3n) is 1.91. The van der Waals surface area contributed by atoms with E-state index >= 15 is 0 Å². The number of benzene rings is 1. The molecule has 94 valence electrons. The number of non-ortho nitro benzene ring substituents is 1. The maximum absolute atomic E-state index is 12.5. The van der Waals surface area contributed by atoms with E-state index in [1.807, 2.05) is 0 Å². The van der Waals surface area contributed by atoms with E-state index in [-0.39, 0.29) is 11.2 Å². The normalized spacial score (nSPS) is 11.4. The molecule has 1 rings (SSSR count). The lowest BCUT2D eigenvalue weighted by Crippen LogP contribution is -2.28. The molecule has 17 heavy (non-hydrogen) atoms. The molecule has 1 aromatic rings. The first-order valence-electron chi connectivity index (χ1n) is 4.03. The van der Waals surface area contributed by atoms with Gasteiger partial charge >= 0.3 is 6.18 Å². The van der Waals surface area contributed by atoms with Crippen molar-refractivity contribution in [3.63, 3.8) is 0 Å². The molecular formula is C7H7F3N4O3. The van der Waals surface area contributed by atoms with Crippen molar-refractivity contribution in [1.29, 1.82) is 0 Å². The van der Waals surface area contributed by atoms with Gasteiger partial charge in [-0.3, -0.25) is 15.3 Å². The summed E-state index contributed by atoms with van der Waals surface area (Å²) in [4.78, 5) is 9.37. The zero-order valence-electron chi connectivity index (χ0n) is 8.10. The van der Waals surface area contributed by atoms with Crippen molar-refractivity contribution in [1.82, 2.24) is 0 Å². The molecule has 0 spiro atoms. The molecule has 0 aliphatic rings. The molecule has 0 saturated carbocycles. The highest BCUT2D eigenvalue weighted by Gasteiger charge is 2.36. The predicted molar refractivity (Wildman–Crippen MR) is 51.0 cm³/mol. The zero-order valence-corrected chi connectivity index (χ0v) is 8.10. The summed E-state index contributed by atoms with van der Waals surface area (Å²) in [5.74, 6) is 4.81. The van der Waals surface area contributed by atoms with Gasteiger partial charge in [0, 0.05) is 12.1 Å². The van der Waals surface area contributed by atoms with Crippen LogP contribution < -0.4 is 16.7 Å². The van der Waals surface area contributed by atoms with E-state index in [9.17, 15) is 23.3 Å². The summed E-state index contributed by atoms with van der Waals surface area (Å²) in [6, 6.07) is 0.896. The molecule has 0 unspecified atom stereocenters. The summed E-state index contributed by atoms with van der Waals surface area (Å²) < 4.78 is 37.5. The number of nitro benzene ring substituents is 1. The van der Waals surface area contributed by atoms with Crippen LogP contribution in [0.15, 0.2) is 12.1 Å². The lowest BCUT2D eigenvalue weighted by molar-refractivity contribution is -0.385. The average molecular weight is 252 g/mol. The highest BCUT2D eigenvalue weighted by molar-refractivity contribution is 5.73. The highest BCUT2D eigenvalue weighted by atomic mass is 19.4. The second-order valence-electron chi connectivity index (χ2n) is 3.03. The number of nitrogens with zero attached hydrogens (tertiary/aromatic N) is 2. The van der Waals surface area contributed by atoms with Crippen LogP contribution in [0.3, 0.4) is 0 Å². The van der Waals surface area contributed by atoms with Crippen molar-refractivity contribution in [3.8, 4) is 0 Å². The van der Waals surface area contributed by atoms with Crippen LogP contribution in [-0.2, 0) is 6.18 Å². The summed E-state index contributed by atoms with van der Waals surface area (Å²) in [7, 11) is 0. The Balaban J connectivity index is 3.55. The van der Waals surface area contributed by atoms with Gasteiger partial charge in [-0.25, -0.2) is 5.84 Å². The number of hydrazine groups is 1. The molecule has 1 aromatic carbocycles. The third-order valence-corrected chi connectivity index (χ3v) is 1.91. The van der Waals surface area contributed by atoms with E-state index in [1.54, 1.807) is 0 Å². The first-order chi connectivity index (χ1) is 7.64. The Labute approximate surface area is 92.1 Å². The first-order valence-corrected chi connectivity index (χ1v) is 4.03. The van der Waals surface area contributed by atoms with Crippen LogP contribution in [0.5, 0.6) is 0 Å². The van der Waals surface area contributed by atoms with Gasteiger partial charge < -0.3 is 5.73 Å². The molecule has 0 radical (unpaired) electrons. The van der Waals surface area contributed by atoms with Gasteiger partial charge in [-0.05, 0) is 0 Å². The van der Waals surface area contributed by atoms with E-state index in [0.29, 0.717) is 6.07 Å². The van der Waals surface area contributed by atoms with Gasteiger partial charge in [-0.2, -0.15) is 18.3 Å². The van der Waals surface area contributed by atoms with Crippen molar-refractivity contribution in [3.05, 3.63) is 27.8 Å². The minimum atomic E-state index is -4.89. The largest absolute Gasteiger partial charge is 0.418 e. The maximum atomic E-state index is 12.5. The lowest BCUT2D eigenvalue weighted by atomic mass is 10.1. The summed E-state index contributed by atoms with van der Waals surface area (Å²) in [5, 5.41) is 19.1. The fraction of sp³-hybridized carbons (Fsp3) is 0.143. The number of hydrogen-bond acceptors (Lipinski definition) is 6. The van der Waals surface area contributed by atoms with Gasteiger partial charge in [-0.1, -0.05) is 0 Å². The smallest absolute Gasteiger partial charge is 0.396 e. The van der Waals surface area contributed by atoms with Gasteiger partial charge in [0.15, 0.2) is 0 Å². The van der Waals surface area contributed by atoms with Gasteiger partial charge in [-0.15, -0.1) is 0 Å². The van der Waals surface area contributed by atoms with E-state index in [4.69, 9.17) is 16.8 Å². The highest BCUT2D eigenvalue weighted by Crippen LogP contribution is 2.40. The van der Waals surface area contributed by atoms with Crippen molar-refractivity contribution < 1.29 is 23.3 Å². The Hall–Kier alpha value is -2.07. The molecule has 0 aliphatic heterocycles. The average Bonchev–Trinajstić information content (AvgIpc) is 2.15. The summed E-state index contributed by atoms with van der Waals surface area (Å²) in [5.41, 5.74) is 1.20. The Morgan fingerprint density at radius 3 is 2.29 bits per heavy atom. The fourth-order valence-corrected chi connectivity index (χ4v) is 1.15. The molecule has 0 amide bonds. The van der Waals surface area contributed by atoms with E-state index in [0.717, 1.165) is 0 Å². The van der Waals surface area contributed by atoms with Gasteiger partial charge in [0.2, 0.25) is 0 Å². The maximum Gasteiger partial charge on any atom is 0.418 e. The number of hydrogen-bond donors (Lipinski definition) is 3. The molecule has 0 aliphatic carbocycles. The molecular weight excluding hydrogens is 245 g/mol. The third kappa shape index (κ3) is 2.54. The van der Waals surface area contributed by atoms with Gasteiger partial charge in [0.1, 0.15) is 5.69 Å². The van der Waals surface area contributed by atoms with Crippen LogP contribution in [0, 0.1) is 10.1 Å². The number of halogens is 3. The van der Waals surface area contributed by atoms with Crippen LogP contribution in [0.4, 0.5) is 30.2 Å². The zero-order chi connectivity index (χ0) is 13.4. The minimum absolute atomic E-state index is 0.211. The molecule has 5 N–H and O–H groups in total. The molecule has 7 nitrogen and oxygen atoms in total. The summed E-state index contributed by atoms with van der Waals surface area (Å²) in [6.45, 7) is 0. The van der Waals surface area contributed by atoms with Crippen LogP contribution in [-0.4, -0.2) is 10.1 Å². The van der Waals surface area contributed by atoms with Crippen molar-refractivity contribution in [2.24, 2.45) is 5.84 Å². The summed E-state index contributed by atoms with van der Waals surface area (Å²) >= 11 is 0. The van der Waals surface area contributed by atoms with E-state index < -0.39 is 33.7 Å². The van der Waals surface area contributed by atoms with Crippen molar-refractivity contribution in [2.75, 3.05) is 10.9 Å². The van der Waals surface area contributed by atoms with Crippen LogP contribution in [0.2, 0.25) is 0 Å². The second kappa shape index (κ2) is 4.07. The number of alkyl halides is 3. The lowest BCUT2D eigenvalue weighted by Gasteiger charge is -2.16. The monoisotopic (exact) mass is 252 g/mol. The number of nitro groups is 1. The standard InChI is InChI=1S/C7H7F3N4O3/c8-7(9,10)4-1-3(14(16)17)2-5(6(4)11)13(12)15/h1-2,15H,11-12H2. The van der Waals surface area contributed by atoms with Crippen LogP contribution in [0.25, 0.3) is 0 Å². The molecule has 0 saturated heterocycles. The first kappa shape index (κ1) is 13.0. The quantitative estimate of drug-likeness (QED) is 0.315. The number of nitrogens with two attached hydrogens (primary N) is 2. The van der Waals surface area contributed by atoms with E-state index in [2.05, 4.69) is 0 Å². The molecule has 10 heteroatoms. The number of rotatable bonds is 2. The Kier molecular flexibility index (Phi) is 3.11. The van der Waals surface area contributed by atoms with Crippen molar-refractivity contribution in [2.45, 2.75) is 6.18 Å². The SMILES string of the molecule is Nc1c(N(N)O)cc([N+](=O)[O-])cc1C(F)(F)F. The summed E-state index contributed by atoms with van der Waals surface area (Å²) in [6.07, 6.45) is -4.89. The molecule has 0 bridgehead atoms. The molecule has 0 fully saturated rings. The Morgan fingerprint density at radius 2 is 1.94 bits per heavy atom. The topological polar surface area (TPSA) is 119 Å². The fourth-order valence-electron chi connectivity index (χ4n) is 1.15. The van der Waals surface area contributed by atoms with Crippen LogP contribution in [0.1, 0.15) is 5.56 Å².